The van der Waals surface area contributed by atoms with Crippen molar-refractivity contribution >= 4 is 17.1 Å². The van der Waals surface area contributed by atoms with Crippen LogP contribution in [-0.4, -0.2) is 23.2 Å². The average Bonchev–Trinajstić information content (AvgIpc) is 3.12. The average molecular weight is 348 g/mol. The molecule has 0 aliphatic heterocycles. The van der Waals surface area contributed by atoms with E-state index in [0.29, 0.717) is 22.3 Å². The third kappa shape index (κ3) is 2.71. The molecule has 2 heterocycles. The Morgan fingerprint density at radius 2 is 1.77 bits per heavy atom. The molecule has 0 unspecified atom stereocenters. The van der Waals surface area contributed by atoms with Crippen molar-refractivity contribution in [2.75, 3.05) is 7.11 Å². The molecule has 0 atom stereocenters. The molecule has 0 N–H and O–H groups in total. The smallest absolute Gasteiger partial charge is 0.338 e. The summed E-state index contributed by atoms with van der Waals surface area (Å²) in [6.07, 6.45) is 0. The highest BCUT2D eigenvalue weighted by atomic mass is 19.1. The number of fused-ring (bicyclic) bond motifs is 1. The summed E-state index contributed by atoms with van der Waals surface area (Å²) >= 11 is 0. The number of ether oxygens (including phenoxy) is 1. The number of halogens is 1. The van der Waals surface area contributed by atoms with E-state index in [0.717, 1.165) is 5.56 Å². The van der Waals surface area contributed by atoms with E-state index < -0.39 is 5.97 Å². The van der Waals surface area contributed by atoms with E-state index in [9.17, 15) is 9.18 Å². The largest absolute Gasteiger partial charge is 0.465 e. The van der Waals surface area contributed by atoms with E-state index in [2.05, 4.69) is 10.1 Å². The van der Waals surface area contributed by atoms with Crippen molar-refractivity contribution in [1.29, 1.82) is 0 Å². The number of carbonyl (C=O) groups is 1. The fourth-order valence-electron chi connectivity index (χ4n) is 2.78. The molecule has 6 heteroatoms. The van der Waals surface area contributed by atoms with E-state index in [1.165, 1.54) is 19.2 Å². The molecule has 0 saturated carbocycles. The lowest BCUT2D eigenvalue weighted by atomic mass is 10.0. The number of rotatable bonds is 3. The summed E-state index contributed by atoms with van der Waals surface area (Å²) in [6.45, 7) is 0. The summed E-state index contributed by atoms with van der Waals surface area (Å²) in [7, 11) is 1.31. The fraction of sp³-hybridized carbons (Fsp3) is 0.0500. The van der Waals surface area contributed by atoms with Crippen LogP contribution in [0.4, 0.5) is 4.39 Å². The molecule has 0 fully saturated rings. The van der Waals surface area contributed by atoms with Crippen LogP contribution in [-0.2, 0) is 4.74 Å². The van der Waals surface area contributed by atoms with Crippen molar-refractivity contribution in [3.63, 3.8) is 0 Å². The Morgan fingerprint density at radius 1 is 1.04 bits per heavy atom. The van der Waals surface area contributed by atoms with Crippen LogP contribution in [0.2, 0.25) is 0 Å². The molecule has 0 radical (unpaired) electrons. The molecule has 5 nitrogen and oxygen atoms in total. The van der Waals surface area contributed by atoms with E-state index in [4.69, 9.17) is 9.26 Å². The highest BCUT2D eigenvalue weighted by Gasteiger charge is 2.22. The number of methoxy groups -OCH3 is 1. The second kappa shape index (κ2) is 6.40. The molecule has 0 amide bonds. The predicted molar refractivity (Wildman–Crippen MR) is 94.0 cm³/mol. The highest BCUT2D eigenvalue weighted by Crippen LogP contribution is 2.33. The summed E-state index contributed by atoms with van der Waals surface area (Å²) < 4.78 is 23.5. The van der Waals surface area contributed by atoms with Gasteiger partial charge in [0.2, 0.25) is 0 Å². The van der Waals surface area contributed by atoms with Crippen LogP contribution in [0.25, 0.3) is 33.6 Å². The van der Waals surface area contributed by atoms with Crippen molar-refractivity contribution in [1.82, 2.24) is 10.1 Å². The van der Waals surface area contributed by atoms with E-state index in [-0.39, 0.29) is 17.1 Å². The fourth-order valence-corrected chi connectivity index (χ4v) is 2.78. The Kier molecular flexibility index (Phi) is 3.93. The predicted octanol–water partition coefficient (Wildman–Crippen LogP) is 4.48. The maximum atomic E-state index is 13.2. The molecule has 4 rings (SSSR count). The van der Waals surface area contributed by atoms with E-state index >= 15 is 0 Å². The summed E-state index contributed by atoms with van der Waals surface area (Å²) in [5.41, 5.74) is 2.93. The van der Waals surface area contributed by atoms with Crippen LogP contribution in [0, 0.1) is 5.82 Å². The lowest BCUT2D eigenvalue weighted by Crippen LogP contribution is -2.03. The van der Waals surface area contributed by atoms with Gasteiger partial charge in [0.1, 0.15) is 11.5 Å². The number of pyridine rings is 1. The van der Waals surface area contributed by atoms with Crippen LogP contribution in [0.5, 0.6) is 0 Å². The number of esters is 1. The Bertz CT molecular complexity index is 1090. The van der Waals surface area contributed by atoms with Crippen LogP contribution < -0.4 is 0 Å². The number of carbonyl (C=O) groups excluding carboxylic acids is 1. The van der Waals surface area contributed by atoms with E-state index in [1.54, 1.807) is 18.2 Å². The zero-order chi connectivity index (χ0) is 18.1. The second-order valence-corrected chi connectivity index (χ2v) is 5.63. The molecule has 2 aromatic carbocycles. The van der Waals surface area contributed by atoms with Gasteiger partial charge in [0.15, 0.2) is 0 Å². The number of aromatic nitrogens is 2. The number of hydrogen-bond donors (Lipinski definition) is 0. The molecular formula is C20H13FN2O3. The molecule has 0 bridgehead atoms. The molecule has 0 aliphatic rings. The molecule has 0 aliphatic carbocycles. The SMILES string of the molecule is COC(=O)c1cc(-c2ccc(F)cc2)nc2onc(-c3ccccc3)c12. The van der Waals surface area contributed by atoms with Crippen molar-refractivity contribution in [2.24, 2.45) is 0 Å². The summed E-state index contributed by atoms with van der Waals surface area (Å²) in [5, 5.41) is 4.57. The minimum atomic E-state index is -0.527. The van der Waals surface area contributed by atoms with Crippen molar-refractivity contribution in [2.45, 2.75) is 0 Å². The first-order chi connectivity index (χ1) is 12.7. The molecule has 26 heavy (non-hydrogen) atoms. The Hall–Kier alpha value is -3.54. The first-order valence-corrected chi connectivity index (χ1v) is 7.87. The first-order valence-electron chi connectivity index (χ1n) is 7.87. The van der Waals surface area contributed by atoms with Gasteiger partial charge >= 0.3 is 5.97 Å². The van der Waals surface area contributed by atoms with Crippen molar-refractivity contribution in [3.8, 4) is 22.5 Å². The molecule has 0 saturated heterocycles. The van der Waals surface area contributed by atoms with Crippen LogP contribution in [0.1, 0.15) is 10.4 Å². The van der Waals surface area contributed by atoms with Gasteiger partial charge in [-0.25, -0.2) is 14.2 Å². The monoisotopic (exact) mass is 348 g/mol. The van der Waals surface area contributed by atoms with Gasteiger partial charge < -0.3 is 9.26 Å². The summed E-state index contributed by atoms with van der Waals surface area (Å²) in [5.74, 6) is -0.879. The van der Waals surface area contributed by atoms with Gasteiger partial charge in [-0.2, -0.15) is 0 Å². The normalized spacial score (nSPS) is 10.8. The van der Waals surface area contributed by atoms with Crippen LogP contribution in [0.15, 0.2) is 65.2 Å². The summed E-state index contributed by atoms with van der Waals surface area (Å²) in [6, 6.07) is 16.8. The molecule has 0 spiro atoms. The topological polar surface area (TPSA) is 65.2 Å². The van der Waals surface area contributed by atoms with Crippen molar-refractivity contribution < 1.29 is 18.4 Å². The number of benzene rings is 2. The maximum absolute atomic E-state index is 13.2. The maximum Gasteiger partial charge on any atom is 0.338 e. The standard InChI is InChI=1S/C20H13FN2O3/c1-25-20(24)15-11-16(12-7-9-14(21)10-8-12)22-19-17(15)18(23-26-19)13-5-3-2-4-6-13/h2-11H,1H3. The van der Waals surface area contributed by atoms with Gasteiger partial charge in [0.05, 0.1) is 23.8 Å². The number of nitrogens with zero attached hydrogens (tertiary/aromatic N) is 2. The Labute approximate surface area is 148 Å². The lowest BCUT2D eigenvalue weighted by molar-refractivity contribution is 0.0603. The third-order valence-corrected chi connectivity index (χ3v) is 4.04. The van der Waals surface area contributed by atoms with Gasteiger partial charge in [-0.15, -0.1) is 0 Å². The minimum absolute atomic E-state index is 0.214. The zero-order valence-corrected chi connectivity index (χ0v) is 13.8. The number of hydrogen-bond acceptors (Lipinski definition) is 5. The zero-order valence-electron chi connectivity index (χ0n) is 13.8. The Balaban J connectivity index is 1.97. The second-order valence-electron chi connectivity index (χ2n) is 5.63. The van der Waals surface area contributed by atoms with Crippen molar-refractivity contribution in [3.05, 3.63) is 72.0 Å². The van der Waals surface area contributed by atoms with Crippen LogP contribution in [0.3, 0.4) is 0 Å². The molecule has 4 aromatic rings. The van der Waals surface area contributed by atoms with E-state index in [1.807, 2.05) is 30.3 Å². The molecule has 128 valence electrons. The Morgan fingerprint density at radius 3 is 2.46 bits per heavy atom. The first kappa shape index (κ1) is 16.0. The molecular weight excluding hydrogens is 335 g/mol. The van der Waals surface area contributed by atoms with Gasteiger partial charge in [-0.3, -0.25) is 0 Å². The lowest BCUT2D eigenvalue weighted by Gasteiger charge is -2.06. The quantitative estimate of drug-likeness (QED) is 0.511. The third-order valence-electron chi connectivity index (χ3n) is 4.04. The summed E-state index contributed by atoms with van der Waals surface area (Å²) in [4.78, 5) is 16.8. The van der Waals surface area contributed by atoms with Gasteiger partial charge in [-0.1, -0.05) is 35.5 Å². The van der Waals surface area contributed by atoms with Gasteiger partial charge in [0, 0.05) is 11.1 Å². The van der Waals surface area contributed by atoms with Gasteiger partial charge in [0.25, 0.3) is 5.71 Å². The molecule has 2 aromatic heterocycles. The van der Waals surface area contributed by atoms with Crippen LogP contribution >= 0.6 is 0 Å². The minimum Gasteiger partial charge on any atom is -0.465 e. The highest BCUT2D eigenvalue weighted by molar-refractivity contribution is 6.08. The van der Waals surface area contributed by atoms with Gasteiger partial charge in [-0.05, 0) is 30.3 Å².